The molecule has 1 amide bonds. The van der Waals surface area contributed by atoms with Crippen molar-refractivity contribution >= 4 is 23.7 Å². The Labute approximate surface area is 161 Å². The van der Waals surface area contributed by atoms with Crippen molar-refractivity contribution in [2.45, 2.75) is 6.61 Å². The van der Waals surface area contributed by atoms with Crippen LogP contribution in [0.25, 0.3) is 0 Å². The fraction of sp³-hybridized carbons (Fsp3) is 0.0476. The van der Waals surface area contributed by atoms with Gasteiger partial charge in [0, 0.05) is 16.1 Å². The van der Waals surface area contributed by atoms with E-state index in [1.54, 1.807) is 42.5 Å². The van der Waals surface area contributed by atoms with Gasteiger partial charge in [0.25, 0.3) is 5.91 Å². The van der Waals surface area contributed by atoms with Crippen molar-refractivity contribution < 1.29 is 13.9 Å². The summed E-state index contributed by atoms with van der Waals surface area (Å²) >= 11 is 6.09. The summed E-state index contributed by atoms with van der Waals surface area (Å²) in [5.74, 6) is -0.118. The highest BCUT2D eigenvalue weighted by Gasteiger charge is 2.05. The molecule has 4 nitrogen and oxygen atoms in total. The first kappa shape index (κ1) is 18.6. The topological polar surface area (TPSA) is 50.7 Å². The largest absolute Gasteiger partial charge is 0.489 e. The molecule has 0 atom stereocenters. The van der Waals surface area contributed by atoms with Gasteiger partial charge in [0.2, 0.25) is 0 Å². The number of carbonyl (C=O) groups is 1. The Kier molecular flexibility index (Phi) is 6.18. The van der Waals surface area contributed by atoms with Crippen molar-refractivity contribution in [3.05, 3.63) is 100 Å². The predicted molar refractivity (Wildman–Crippen MR) is 104 cm³/mol. The van der Waals surface area contributed by atoms with Crippen LogP contribution in [0, 0.1) is 5.82 Å². The van der Waals surface area contributed by atoms with Gasteiger partial charge in [-0.2, -0.15) is 5.10 Å². The molecule has 1 N–H and O–H groups in total. The molecule has 0 radical (unpaired) electrons. The smallest absolute Gasteiger partial charge is 0.271 e. The van der Waals surface area contributed by atoms with Crippen LogP contribution in [-0.2, 0) is 6.61 Å². The quantitative estimate of drug-likeness (QED) is 0.490. The molecule has 0 unspecified atom stereocenters. The van der Waals surface area contributed by atoms with Gasteiger partial charge in [0.15, 0.2) is 0 Å². The highest BCUT2D eigenvalue weighted by atomic mass is 35.5. The van der Waals surface area contributed by atoms with E-state index < -0.39 is 0 Å². The molecular weight excluding hydrogens is 367 g/mol. The summed E-state index contributed by atoms with van der Waals surface area (Å²) in [5.41, 5.74) is 4.27. The second kappa shape index (κ2) is 8.96. The minimum Gasteiger partial charge on any atom is -0.489 e. The van der Waals surface area contributed by atoms with E-state index in [4.69, 9.17) is 16.3 Å². The number of carbonyl (C=O) groups excluding carboxylic acids is 1. The number of amides is 1. The summed E-state index contributed by atoms with van der Waals surface area (Å²) in [6.45, 7) is 0.336. The van der Waals surface area contributed by atoms with Gasteiger partial charge in [-0.25, -0.2) is 9.82 Å². The number of nitrogens with zero attached hydrogens (tertiary/aromatic N) is 1. The summed E-state index contributed by atoms with van der Waals surface area (Å²) in [5, 5.41) is 4.47. The van der Waals surface area contributed by atoms with E-state index in [0.29, 0.717) is 28.5 Å². The van der Waals surface area contributed by atoms with E-state index in [1.165, 1.54) is 18.3 Å². The molecule has 0 heterocycles. The summed E-state index contributed by atoms with van der Waals surface area (Å²) in [6.07, 6.45) is 1.38. The molecule has 3 aromatic rings. The number of benzene rings is 3. The molecule has 0 fully saturated rings. The van der Waals surface area contributed by atoms with Gasteiger partial charge in [-0.1, -0.05) is 41.9 Å². The van der Waals surface area contributed by atoms with Crippen molar-refractivity contribution in [1.29, 1.82) is 0 Å². The Morgan fingerprint density at radius 3 is 2.59 bits per heavy atom. The Balaban J connectivity index is 1.55. The van der Waals surface area contributed by atoms with Crippen LogP contribution in [0.15, 0.2) is 77.9 Å². The number of hydrogen-bond acceptors (Lipinski definition) is 3. The minimum atomic E-state index is -0.375. The fourth-order valence-electron chi connectivity index (χ4n) is 2.30. The molecule has 136 valence electrons. The van der Waals surface area contributed by atoms with Crippen molar-refractivity contribution in [2.75, 3.05) is 0 Å². The molecule has 0 aliphatic heterocycles. The van der Waals surface area contributed by atoms with Crippen LogP contribution < -0.4 is 10.2 Å². The molecule has 0 aliphatic carbocycles. The lowest BCUT2D eigenvalue weighted by Gasteiger charge is -2.08. The van der Waals surface area contributed by atoms with Gasteiger partial charge in [-0.15, -0.1) is 0 Å². The molecule has 0 saturated heterocycles. The number of hydrogen-bond donors (Lipinski definition) is 1. The van der Waals surface area contributed by atoms with E-state index in [0.717, 1.165) is 5.56 Å². The summed E-state index contributed by atoms with van der Waals surface area (Å²) < 4.78 is 18.8. The fourth-order valence-corrected chi connectivity index (χ4v) is 2.49. The maximum absolute atomic E-state index is 13.1. The number of ether oxygens (including phenoxy) is 1. The molecule has 0 aliphatic rings. The molecule has 3 rings (SSSR count). The van der Waals surface area contributed by atoms with Crippen molar-refractivity contribution in [3.63, 3.8) is 0 Å². The molecule has 0 saturated carbocycles. The zero-order chi connectivity index (χ0) is 19.1. The first-order valence-corrected chi connectivity index (χ1v) is 8.55. The second-order valence-corrected chi connectivity index (χ2v) is 6.07. The number of halogens is 2. The van der Waals surface area contributed by atoms with Crippen LogP contribution in [0.4, 0.5) is 4.39 Å². The van der Waals surface area contributed by atoms with Gasteiger partial charge < -0.3 is 4.74 Å². The van der Waals surface area contributed by atoms with Gasteiger partial charge in [-0.05, 0) is 48.0 Å². The first-order chi connectivity index (χ1) is 13.1. The third kappa shape index (κ3) is 5.39. The highest BCUT2D eigenvalue weighted by Crippen LogP contribution is 2.19. The van der Waals surface area contributed by atoms with Gasteiger partial charge in [-0.3, -0.25) is 4.79 Å². The monoisotopic (exact) mass is 382 g/mol. The van der Waals surface area contributed by atoms with Crippen LogP contribution in [0.3, 0.4) is 0 Å². The number of nitrogens with one attached hydrogen (secondary N) is 1. The van der Waals surface area contributed by atoms with Crippen LogP contribution in [0.5, 0.6) is 5.75 Å². The maximum Gasteiger partial charge on any atom is 0.271 e. The van der Waals surface area contributed by atoms with Gasteiger partial charge >= 0.3 is 0 Å². The Morgan fingerprint density at radius 2 is 1.85 bits per heavy atom. The molecule has 0 spiro atoms. The van der Waals surface area contributed by atoms with Crippen LogP contribution in [0.2, 0.25) is 5.02 Å². The SMILES string of the molecule is O=C(N/N=C\c1cccc(F)c1)c1ccc(OCc2ccccc2Cl)cc1. The van der Waals surface area contributed by atoms with Crippen LogP contribution in [-0.4, -0.2) is 12.1 Å². The van der Waals surface area contributed by atoms with Crippen molar-refractivity contribution in [3.8, 4) is 5.75 Å². The molecule has 6 heteroatoms. The lowest BCUT2D eigenvalue weighted by atomic mass is 10.2. The first-order valence-electron chi connectivity index (χ1n) is 8.17. The van der Waals surface area contributed by atoms with Gasteiger partial charge in [0.05, 0.1) is 6.21 Å². The predicted octanol–water partition coefficient (Wildman–Crippen LogP) is 4.82. The minimum absolute atomic E-state index is 0.336. The Hall–Kier alpha value is -3.18. The van der Waals surface area contributed by atoms with E-state index in [2.05, 4.69) is 10.5 Å². The lowest BCUT2D eigenvalue weighted by Crippen LogP contribution is -2.17. The number of rotatable bonds is 6. The molecular formula is C21H16ClFN2O2. The highest BCUT2D eigenvalue weighted by molar-refractivity contribution is 6.31. The second-order valence-electron chi connectivity index (χ2n) is 5.66. The van der Waals surface area contributed by atoms with Gasteiger partial charge in [0.1, 0.15) is 18.2 Å². The Bertz CT molecular complexity index is 958. The zero-order valence-electron chi connectivity index (χ0n) is 14.2. The van der Waals surface area contributed by atoms with Crippen molar-refractivity contribution in [1.82, 2.24) is 5.43 Å². The van der Waals surface area contributed by atoms with Crippen LogP contribution in [0.1, 0.15) is 21.5 Å². The normalized spacial score (nSPS) is 10.7. The lowest BCUT2D eigenvalue weighted by molar-refractivity contribution is 0.0955. The summed E-state index contributed by atoms with van der Waals surface area (Å²) in [7, 11) is 0. The average molecular weight is 383 g/mol. The summed E-state index contributed by atoms with van der Waals surface area (Å²) in [6, 6.07) is 20.0. The van der Waals surface area contributed by atoms with E-state index in [1.807, 2.05) is 18.2 Å². The van der Waals surface area contributed by atoms with Crippen LogP contribution >= 0.6 is 11.6 Å². The van der Waals surface area contributed by atoms with E-state index in [9.17, 15) is 9.18 Å². The van der Waals surface area contributed by atoms with Crippen molar-refractivity contribution in [2.24, 2.45) is 5.10 Å². The Morgan fingerprint density at radius 1 is 1.07 bits per heavy atom. The molecule has 0 bridgehead atoms. The third-order valence-corrected chi connectivity index (χ3v) is 4.07. The van der Waals surface area contributed by atoms with E-state index in [-0.39, 0.29) is 11.7 Å². The standard InChI is InChI=1S/C21H16ClFN2O2/c22-20-7-2-1-5-17(20)14-27-19-10-8-16(9-11-19)21(26)25-24-13-15-4-3-6-18(23)12-15/h1-13H,14H2,(H,25,26)/b24-13-. The molecule has 27 heavy (non-hydrogen) atoms. The zero-order valence-corrected chi connectivity index (χ0v) is 15.0. The van der Waals surface area contributed by atoms with E-state index >= 15 is 0 Å². The molecule has 3 aromatic carbocycles. The average Bonchev–Trinajstić information content (AvgIpc) is 2.68. The third-order valence-electron chi connectivity index (χ3n) is 3.70. The molecule has 0 aromatic heterocycles. The number of hydrazone groups is 1. The maximum atomic E-state index is 13.1. The summed E-state index contributed by atoms with van der Waals surface area (Å²) in [4.78, 5) is 12.1.